The fourth-order valence-electron chi connectivity index (χ4n) is 4.54. The first-order valence-electron chi connectivity index (χ1n) is 12.1. The molecule has 1 fully saturated rings. The molecule has 0 saturated carbocycles. The monoisotopic (exact) mass is 527 g/mol. The number of aryl methyl sites for hydroxylation is 1. The number of benzene rings is 2. The molecule has 2 aromatic heterocycles. The summed E-state index contributed by atoms with van der Waals surface area (Å²) in [4.78, 5) is 29.8. The maximum absolute atomic E-state index is 12.8. The van der Waals surface area contributed by atoms with Crippen molar-refractivity contribution in [2.75, 3.05) is 11.9 Å². The number of anilines is 1. The summed E-state index contributed by atoms with van der Waals surface area (Å²) < 4.78 is 6.26. The molecule has 1 amide bonds. The van der Waals surface area contributed by atoms with E-state index in [1.54, 1.807) is 18.3 Å². The molecule has 1 aliphatic rings. The first-order chi connectivity index (χ1) is 18.4. The Kier molecular flexibility index (Phi) is 7.14. The van der Waals surface area contributed by atoms with Gasteiger partial charge in [0.05, 0.1) is 16.7 Å². The van der Waals surface area contributed by atoms with Crippen molar-refractivity contribution in [3.63, 3.8) is 0 Å². The number of nitro benzene ring substituents is 1. The molecule has 1 aliphatic heterocycles. The lowest BCUT2D eigenvalue weighted by atomic mass is 10.0. The highest BCUT2D eigenvalue weighted by atomic mass is 32.1. The molecule has 2 aromatic carbocycles. The third kappa shape index (κ3) is 5.40. The van der Waals surface area contributed by atoms with Gasteiger partial charge in [0.15, 0.2) is 5.11 Å². The van der Waals surface area contributed by atoms with Crippen LogP contribution in [-0.2, 0) is 4.79 Å². The fourth-order valence-corrected chi connectivity index (χ4v) is 4.87. The summed E-state index contributed by atoms with van der Waals surface area (Å²) >= 11 is 5.68. The molecule has 5 rings (SSSR count). The molecule has 4 aromatic rings. The van der Waals surface area contributed by atoms with Crippen molar-refractivity contribution in [2.24, 2.45) is 0 Å². The molecule has 0 aliphatic carbocycles. The molecule has 38 heavy (non-hydrogen) atoms. The van der Waals surface area contributed by atoms with Crippen LogP contribution in [0.5, 0.6) is 0 Å². The van der Waals surface area contributed by atoms with Crippen molar-refractivity contribution in [1.82, 2.24) is 15.2 Å². The van der Waals surface area contributed by atoms with Crippen LogP contribution in [0.4, 0.5) is 11.4 Å². The molecular weight excluding hydrogens is 502 g/mol. The molecule has 9 nitrogen and oxygen atoms in total. The Balaban J connectivity index is 1.39. The molecule has 0 radical (unpaired) electrons. The van der Waals surface area contributed by atoms with E-state index in [1.807, 2.05) is 66.4 Å². The van der Waals surface area contributed by atoms with Crippen molar-refractivity contribution < 1.29 is 14.1 Å². The minimum Gasteiger partial charge on any atom is -0.459 e. The van der Waals surface area contributed by atoms with Crippen LogP contribution in [0, 0.1) is 17.0 Å². The summed E-state index contributed by atoms with van der Waals surface area (Å²) in [5, 5.41) is 17.8. The second-order valence-corrected chi connectivity index (χ2v) is 9.38. The number of nitrogens with zero attached hydrogens (tertiary/aromatic N) is 3. The van der Waals surface area contributed by atoms with E-state index in [0.29, 0.717) is 28.7 Å². The summed E-state index contributed by atoms with van der Waals surface area (Å²) in [6, 6.07) is 22.6. The van der Waals surface area contributed by atoms with Crippen LogP contribution in [0.25, 0.3) is 11.3 Å². The van der Waals surface area contributed by atoms with E-state index in [0.717, 1.165) is 16.9 Å². The fraction of sp³-hybridized carbons (Fsp3) is 0.179. The summed E-state index contributed by atoms with van der Waals surface area (Å²) in [5.74, 6) is 1.09. The van der Waals surface area contributed by atoms with Crippen LogP contribution in [0.2, 0.25) is 0 Å². The molecule has 10 heteroatoms. The number of amides is 1. The van der Waals surface area contributed by atoms with Gasteiger partial charge in [0.1, 0.15) is 17.6 Å². The third-order valence-electron chi connectivity index (χ3n) is 6.36. The highest BCUT2D eigenvalue weighted by molar-refractivity contribution is 7.80. The van der Waals surface area contributed by atoms with E-state index >= 15 is 0 Å². The predicted molar refractivity (Wildman–Crippen MR) is 147 cm³/mol. The van der Waals surface area contributed by atoms with Crippen molar-refractivity contribution in [3.05, 3.63) is 112 Å². The van der Waals surface area contributed by atoms with Crippen molar-refractivity contribution in [3.8, 4) is 11.3 Å². The van der Waals surface area contributed by atoms with Crippen LogP contribution in [0.3, 0.4) is 0 Å². The lowest BCUT2D eigenvalue weighted by molar-refractivity contribution is -0.384. The number of hydrogen-bond acceptors (Lipinski definition) is 6. The number of thiocarbonyl (C=S) groups is 1. The second kappa shape index (κ2) is 10.8. The Bertz CT molecular complexity index is 1470. The summed E-state index contributed by atoms with van der Waals surface area (Å²) in [5.41, 5.74) is 3.33. The Hall–Kier alpha value is -4.57. The number of carbonyl (C=O) groups is 1. The number of hydrogen-bond donors (Lipinski definition) is 2. The van der Waals surface area contributed by atoms with Gasteiger partial charge in [-0.25, -0.2) is 0 Å². The maximum Gasteiger partial charge on any atom is 0.269 e. The summed E-state index contributed by atoms with van der Waals surface area (Å²) in [7, 11) is 0. The average Bonchev–Trinajstić information content (AvgIpc) is 3.52. The zero-order valence-corrected chi connectivity index (χ0v) is 21.4. The zero-order chi connectivity index (χ0) is 26.6. The van der Waals surface area contributed by atoms with Crippen molar-refractivity contribution in [2.45, 2.75) is 25.4 Å². The van der Waals surface area contributed by atoms with Crippen LogP contribution in [-0.4, -0.2) is 32.4 Å². The maximum atomic E-state index is 12.8. The summed E-state index contributed by atoms with van der Waals surface area (Å²) in [6.07, 6.45) is 1.94. The normalized spacial score (nSPS) is 16.8. The molecule has 0 unspecified atom stereocenters. The van der Waals surface area contributed by atoms with Gasteiger partial charge in [-0.15, -0.1) is 0 Å². The third-order valence-corrected chi connectivity index (χ3v) is 6.71. The number of rotatable bonds is 8. The molecule has 3 heterocycles. The van der Waals surface area contributed by atoms with Crippen molar-refractivity contribution in [1.29, 1.82) is 0 Å². The SMILES string of the molecule is Cc1cccc(NC(=O)CCN2C(=S)N[C@@H](c3ccccn3)[C@H]2c2ccc(-c3ccc([N+](=O)[O-])cc3)o2)c1. The number of non-ortho nitro benzene ring substituents is 1. The lowest BCUT2D eigenvalue weighted by Gasteiger charge is -2.25. The lowest BCUT2D eigenvalue weighted by Crippen LogP contribution is -2.32. The van der Waals surface area contributed by atoms with Gasteiger partial charge in [0.2, 0.25) is 5.91 Å². The summed E-state index contributed by atoms with van der Waals surface area (Å²) in [6.45, 7) is 2.34. The number of pyridine rings is 1. The first kappa shape index (κ1) is 25.1. The van der Waals surface area contributed by atoms with E-state index in [4.69, 9.17) is 16.6 Å². The Morgan fingerprint density at radius 2 is 1.95 bits per heavy atom. The Morgan fingerprint density at radius 1 is 1.13 bits per heavy atom. The standard InChI is InChI=1S/C28H25N5O4S/c1-18-5-4-6-20(17-18)30-25(34)14-16-32-27(26(31-28(32)38)22-7-2-3-15-29-22)24-13-12-23(37-24)19-8-10-21(11-9-19)33(35)36/h2-13,15,17,26-27H,14,16H2,1H3,(H,30,34)(H,31,38)/t26-,27+/m0/s1. The van der Waals surface area contributed by atoms with Crippen LogP contribution >= 0.6 is 12.2 Å². The quantitative estimate of drug-likeness (QED) is 0.174. The van der Waals surface area contributed by atoms with Gasteiger partial charge in [-0.1, -0.05) is 18.2 Å². The minimum atomic E-state index is -0.438. The van der Waals surface area contributed by atoms with E-state index in [9.17, 15) is 14.9 Å². The average molecular weight is 528 g/mol. The second-order valence-electron chi connectivity index (χ2n) is 8.99. The molecule has 1 saturated heterocycles. The topological polar surface area (TPSA) is 114 Å². The van der Waals surface area contributed by atoms with Crippen LogP contribution in [0.1, 0.15) is 35.5 Å². The van der Waals surface area contributed by atoms with Gasteiger partial charge >= 0.3 is 0 Å². The Labute approximate surface area is 224 Å². The van der Waals surface area contributed by atoms with Gasteiger partial charge < -0.3 is 20.0 Å². The molecular formula is C28H25N5O4S. The predicted octanol–water partition coefficient (Wildman–Crippen LogP) is 5.56. The number of nitro groups is 1. The van der Waals surface area contributed by atoms with Crippen LogP contribution in [0.15, 0.2) is 89.5 Å². The highest BCUT2D eigenvalue weighted by Crippen LogP contribution is 2.40. The molecule has 0 spiro atoms. The minimum absolute atomic E-state index is 0.0104. The molecule has 2 N–H and O–H groups in total. The van der Waals surface area contributed by atoms with Gasteiger partial charge in [0, 0.05) is 42.5 Å². The van der Waals surface area contributed by atoms with E-state index < -0.39 is 4.92 Å². The Morgan fingerprint density at radius 3 is 2.66 bits per heavy atom. The van der Waals surface area contributed by atoms with E-state index in [1.165, 1.54) is 12.1 Å². The van der Waals surface area contributed by atoms with E-state index in [2.05, 4.69) is 15.6 Å². The number of furan rings is 1. The van der Waals surface area contributed by atoms with Crippen molar-refractivity contribution >= 4 is 34.6 Å². The first-order valence-corrected chi connectivity index (χ1v) is 12.5. The zero-order valence-electron chi connectivity index (χ0n) is 20.5. The number of carbonyl (C=O) groups excluding carboxylic acids is 1. The van der Waals surface area contributed by atoms with Gasteiger partial charge in [-0.05, 0) is 73.2 Å². The van der Waals surface area contributed by atoms with Gasteiger partial charge in [-0.3, -0.25) is 19.9 Å². The smallest absolute Gasteiger partial charge is 0.269 e. The highest BCUT2D eigenvalue weighted by Gasteiger charge is 2.41. The van der Waals surface area contributed by atoms with E-state index in [-0.39, 0.29) is 30.1 Å². The molecule has 0 bridgehead atoms. The van der Waals surface area contributed by atoms with Crippen LogP contribution < -0.4 is 10.6 Å². The van der Waals surface area contributed by atoms with Gasteiger partial charge in [-0.2, -0.15) is 0 Å². The van der Waals surface area contributed by atoms with Gasteiger partial charge in [0.25, 0.3) is 5.69 Å². The molecule has 192 valence electrons. The number of nitrogens with one attached hydrogen (secondary N) is 2. The largest absolute Gasteiger partial charge is 0.459 e. The number of aromatic nitrogens is 1. The molecule has 2 atom stereocenters.